The number of carbonyl (C=O) groups is 1. The highest BCUT2D eigenvalue weighted by molar-refractivity contribution is 5.70. The Labute approximate surface area is 179 Å². The summed E-state index contributed by atoms with van der Waals surface area (Å²) in [6, 6.07) is 12.4. The van der Waals surface area contributed by atoms with Crippen molar-refractivity contribution in [2.75, 3.05) is 6.61 Å². The van der Waals surface area contributed by atoms with Gasteiger partial charge in [-0.2, -0.15) is 0 Å². The molecule has 31 heavy (non-hydrogen) atoms. The van der Waals surface area contributed by atoms with Crippen LogP contribution in [0.15, 0.2) is 54.6 Å². The molecule has 8 heteroatoms. The SMILES string of the molecule is CC(C)OC(=O)CCc1ccccc1OCCC(F)(F)C=Cc1cccc([N+](=O)[O-])c1. The van der Waals surface area contributed by atoms with Crippen molar-refractivity contribution < 1.29 is 28.0 Å². The Kier molecular flexibility index (Phi) is 8.66. The van der Waals surface area contributed by atoms with Gasteiger partial charge in [-0.3, -0.25) is 14.9 Å². The summed E-state index contributed by atoms with van der Waals surface area (Å²) in [4.78, 5) is 21.9. The molecule has 0 aromatic heterocycles. The molecule has 0 amide bonds. The minimum atomic E-state index is -3.15. The average Bonchev–Trinajstić information content (AvgIpc) is 2.71. The van der Waals surface area contributed by atoms with Gasteiger partial charge in [0.1, 0.15) is 5.75 Å². The van der Waals surface area contributed by atoms with E-state index in [-0.39, 0.29) is 30.8 Å². The standard InChI is InChI=1S/C23H25F2NO5/c1-17(2)31-22(27)11-10-19-7-3-4-9-21(19)30-15-14-23(24,25)13-12-18-6-5-8-20(16-18)26(28)29/h3-9,12-13,16-17H,10-11,14-15H2,1-2H3. The number of carbonyl (C=O) groups excluding carboxylic acids is 1. The van der Waals surface area contributed by atoms with Crippen LogP contribution in [0.25, 0.3) is 6.08 Å². The van der Waals surface area contributed by atoms with Crippen molar-refractivity contribution in [2.24, 2.45) is 0 Å². The molecule has 0 aliphatic carbocycles. The number of aryl methyl sites for hydroxylation is 1. The maximum atomic E-state index is 14.2. The highest BCUT2D eigenvalue weighted by Crippen LogP contribution is 2.25. The van der Waals surface area contributed by atoms with Crippen LogP contribution >= 0.6 is 0 Å². The number of esters is 1. The summed E-state index contributed by atoms with van der Waals surface area (Å²) in [5.41, 5.74) is 0.884. The van der Waals surface area contributed by atoms with Crippen LogP contribution in [0.5, 0.6) is 5.75 Å². The molecule has 6 nitrogen and oxygen atoms in total. The lowest BCUT2D eigenvalue weighted by Crippen LogP contribution is -2.17. The number of para-hydroxylation sites is 1. The lowest BCUT2D eigenvalue weighted by Gasteiger charge is -2.15. The van der Waals surface area contributed by atoms with Gasteiger partial charge in [0, 0.05) is 25.0 Å². The molecule has 0 spiro atoms. The first-order chi connectivity index (χ1) is 14.7. The van der Waals surface area contributed by atoms with Gasteiger partial charge in [-0.05, 0) is 43.5 Å². The fourth-order valence-electron chi connectivity index (χ4n) is 2.75. The largest absolute Gasteiger partial charge is 0.493 e. The molecule has 0 saturated carbocycles. The van der Waals surface area contributed by atoms with E-state index in [4.69, 9.17) is 9.47 Å². The van der Waals surface area contributed by atoms with Crippen LogP contribution in [0, 0.1) is 10.1 Å². The van der Waals surface area contributed by atoms with E-state index in [1.54, 1.807) is 38.1 Å². The van der Waals surface area contributed by atoms with Gasteiger partial charge >= 0.3 is 5.97 Å². The molecular formula is C23H25F2NO5. The molecule has 0 radical (unpaired) electrons. The van der Waals surface area contributed by atoms with Gasteiger partial charge in [-0.1, -0.05) is 36.4 Å². The summed E-state index contributed by atoms with van der Waals surface area (Å²) in [6.45, 7) is 3.30. The van der Waals surface area contributed by atoms with Gasteiger partial charge in [-0.25, -0.2) is 8.78 Å². The Morgan fingerprint density at radius 3 is 2.65 bits per heavy atom. The molecule has 2 aromatic rings. The summed E-state index contributed by atoms with van der Waals surface area (Å²) in [7, 11) is 0. The fraction of sp³-hybridized carbons (Fsp3) is 0.348. The molecule has 0 fully saturated rings. The Hall–Kier alpha value is -3.29. The third-order valence-corrected chi connectivity index (χ3v) is 4.23. The van der Waals surface area contributed by atoms with E-state index in [0.717, 1.165) is 11.6 Å². The van der Waals surface area contributed by atoms with Gasteiger partial charge in [0.15, 0.2) is 0 Å². The van der Waals surface area contributed by atoms with Gasteiger partial charge in [0.25, 0.3) is 11.6 Å². The van der Waals surface area contributed by atoms with Gasteiger partial charge in [0.05, 0.1) is 17.6 Å². The summed E-state index contributed by atoms with van der Waals surface area (Å²) in [6.07, 6.45) is 1.65. The zero-order valence-corrected chi connectivity index (χ0v) is 17.4. The first-order valence-electron chi connectivity index (χ1n) is 9.88. The van der Waals surface area contributed by atoms with E-state index in [9.17, 15) is 23.7 Å². The maximum absolute atomic E-state index is 14.2. The van der Waals surface area contributed by atoms with Crippen LogP contribution in [0.4, 0.5) is 14.5 Å². The number of alkyl halides is 2. The maximum Gasteiger partial charge on any atom is 0.306 e. The highest BCUT2D eigenvalue weighted by Gasteiger charge is 2.25. The van der Waals surface area contributed by atoms with E-state index in [0.29, 0.717) is 23.8 Å². The number of allylic oxidation sites excluding steroid dienone is 1. The van der Waals surface area contributed by atoms with Crippen molar-refractivity contribution in [3.8, 4) is 5.75 Å². The van der Waals surface area contributed by atoms with E-state index in [1.165, 1.54) is 24.3 Å². The number of nitro benzene ring substituents is 1. The van der Waals surface area contributed by atoms with Crippen molar-refractivity contribution in [3.05, 3.63) is 75.8 Å². The van der Waals surface area contributed by atoms with Crippen LogP contribution in [0.1, 0.15) is 37.8 Å². The highest BCUT2D eigenvalue weighted by atomic mass is 19.3. The Morgan fingerprint density at radius 2 is 1.94 bits per heavy atom. The minimum absolute atomic E-state index is 0.164. The first-order valence-corrected chi connectivity index (χ1v) is 9.88. The quantitative estimate of drug-likeness (QED) is 0.262. The molecule has 2 rings (SSSR count). The van der Waals surface area contributed by atoms with Crippen LogP contribution in [-0.4, -0.2) is 29.5 Å². The molecule has 0 N–H and O–H groups in total. The van der Waals surface area contributed by atoms with E-state index in [1.807, 2.05) is 0 Å². The topological polar surface area (TPSA) is 78.7 Å². The minimum Gasteiger partial charge on any atom is -0.493 e. The summed E-state index contributed by atoms with van der Waals surface area (Å²) < 4.78 is 39.0. The van der Waals surface area contributed by atoms with Crippen LogP contribution in [0.3, 0.4) is 0 Å². The molecule has 0 atom stereocenters. The number of nitrogens with zero attached hydrogens (tertiary/aromatic N) is 1. The van der Waals surface area contributed by atoms with Gasteiger partial charge in [-0.15, -0.1) is 0 Å². The van der Waals surface area contributed by atoms with Gasteiger partial charge in [0.2, 0.25) is 0 Å². The third kappa shape index (κ3) is 8.54. The van der Waals surface area contributed by atoms with Crippen molar-refractivity contribution in [1.82, 2.24) is 0 Å². The predicted octanol–water partition coefficient (Wildman–Crippen LogP) is 5.60. The number of hydrogen-bond donors (Lipinski definition) is 0. The molecule has 166 valence electrons. The number of halogens is 2. The average molecular weight is 433 g/mol. The lowest BCUT2D eigenvalue weighted by atomic mass is 10.1. The number of nitro groups is 1. The zero-order chi connectivity index (χ0) is 22.9. The first kappa shape index (κ1) is 24.0. The predicted molar refractivity (Wildman–Crippen MR) is 113 cm³/mol. The molecule has 0 heterocycles. The summed E-state index contributed by atoms with van der Waals surface area (Å²) >= 11 is 0. The number of ether oxygens (including phenoxy) is 2. The molecule has 0 bridgehead atoms. The smallest absolute Gasteiger partial charge is 0.306 e. The van der Waals surface area contributed by atoms with Crippen molar-refractivity contribution in [2.45, 2.75) is 45.1 Å². The van der Waals surface area contributed by atoms with E-state index in [2.05, 4.69) is 0 Å². The Morgan fingerprint density at radius 1 is 1.19 bits per heavy atom. The number of hydrogen-bond acceptors (Lipinski definition) is 5. The normalized spacial score (nSPS) is 11.6. The van der Waals surface area contributed by atoms with Crippen molar-refractivity contribution >= 4 is 17.7 Å². The van der Waals surface area contributed by atoms with Crippen LogP contribution in [-0.2, 0) is 16.0 Å². The zero-order valence-electron chi connectivity index (χ0n) is 17.4. The lowest BCUT2D eigenvalue weighted by molar-refractivity contribution is -0.384. The van der Waals surface area contributed by atoms with E-state index >= 15 is 0 Å². The Bertz CT molecular complexity index is 928. The number of non-ortho nitro benzene ring substituents is 1. The molecule has 0 aliphatic heterocycles. The van der Waals surface area contributed by atoms with Crippen molar-refractivity contribution in [1.29, 1.82) is 0 Å². The molecule has 2 aromatic carbocycles. The van der Waals surface area contributed by atoms with Crippen LogP contribution in [0.2, 0.25) is 0 Å². The molecule has 0 aliphatic rings. The number of benzene rings is 2. The Balaban J connectivity index is 1.91. The second-order valence-electron chi connectivity index (χ2n) is 7.19. The second-order valence-corrected chi connectivity index (χ2v) is 7.19. The van der Waals surface area contributed by atoms with Crippen molar-refractivity contribution in [3.63, 3.8) is 0 Å². The third-order valence-electron chi connectivity index (χ3n) is 4.23. The van der Waals surface area contributed by atoms with E-state index < -0.39 is 17.3 Å². The van der Waals surface area contributed by atoms with Crippen LogP contribution < -0.4 is 4.74 Å². The molecular weight excluding hydrogens is 408 g/mol. The second kappa shape index (κ2) is 11.2. The van der Waals surface area contributed by atoms with Gasteiger partial charge < -0.3 is 9.47 Å². The monoisotopic (exact) mass is 433 g/mol. The number of rotatable bonds is 11. The molecule has 0 unspecified atom stereocenters. The fourth-order valence-corrected chi connectivity index (χ4v) is 2.75. The summed E-state index contributed by atoms with van der Waals surface area (Å²) in [5.74, 6) is -3.04. The molecule has 0 saturated heterocycles. The summed E-state index contributed by atoms with van der Waals surface area (Å²) in [5, 5.41) is 10.8.